The molecule has 1 rings (SSSR count). The molecule has 1 aliphatic rings. The second-order valence-corrected chi connectivity index (χ2v) is 5.01. The van der Waals surface area contributed by atoms with Crippen LogP contribution < -0.4 is 11.1 Å². The standard InChI is InChI=1S/C12H24N2O2/c1-9(2)14-12(11(13)15)7-4-5-10(12)6-8-16-3/h9-10,14H,4-8H2,1-3H3,(H2,13,15). The van der Waals surface area contributed by atoms with Crippen molar-refractivity contribution in [3.05, 3.63) is 0 Å². The van der Waals surface area contributed by atoms with Crippen LogP contribution in [0.5, 0.6) is 0 Å². The Bertz CT molecular complexity index is 243. The highest BCUT2D eigenvalue weighted by Gasteiger charge is 2.47. The van der Waals surface area contributed by atoms with Gasteiger partial charge in [-0.05, 0) is 39.0 Å². The quantitative estimate of drug-likeness (QED) is 0.714. The van der Waals surface area contributed by atoms with Gasteiger partial charge >= 0.3 is 0 Å². The molecule has 2 atom stereocenters. The highest BCUT2D eigenvalue weighted by atomic mass is 16.5. The van der Waals surface area contributed by atoms with E-state index in [1.165, 1.54) is 0 Å². The summed E-state index contributed by atoms with van der Waals surface area (Å²) in [7, 11) is 1.69. The molecule has 4 heteroatoms. The number of nitrogens with one attached hydrogen (secondary N) is 1. The van der Waals surface area contributed by atoms with Gasteiger partial charge in [0.25, 0.3) is 0 Å². The third-order valence-electron chi connectivity index (χ3n) is 3.48. The summed E-state index contributed by atoms with van der Waals surface area (Å²) in [5.74, 6) is 0.104. The highest BCUT2D eigenvalue weighted by molar-refractivity contribution is 5.85. The first-order chi connectivity index (χ1) is 7.53. The number of primary amides is 1. The van der Waals surface area contributed by atoms with Crippen LogP contribution in [0.3, 0.4) is 0 Å². The molecule has 0 heterocycles. The van der Waals surface area contributed by atoms with E-state index in [2.05, 4.69) is 19.2 Å². The molecule has 0 aromatic heterocycles. The second-order valence-electron chi connectivity index (χ2n) is 5.01. The Hall–Kier alpha value is -0.610. The van der Waals surface area contributed by atoms with Crippen molar-refractivity contribution in [3.63, 3.8) is 0 Å². The number of hydrogen-bond donors (Lipinski definition) is 2. The lowest BCUT2D eigenvalue weighted by atomic mass is 9.83. The minimum atomic E-state index is -0.507. The predicted octanol–water partition coefficient (Wildman–Crippen LogP) is 1.05. The minimum absolute atomic E-state index is 0.209. The molecule has 0 aliphatic heterocycles. The van der Waals surface area contributed by atoms with Crippen LogP contribution in [0.25, 0.3) is 0 Å². The van der Waals surface area contributed by atoms with Crippen molar-refractivity contribution in [1.82, 2.24) is 5.32 Å². The Morgan fingerprint density at radius 1 is 1.62 bits per heavy atom. The second kappa shape index (κ2) is 5.64. The SMILES string of the molecule is COCCC1CCCC1(NC(C)C)C(N)=O. The lowest BCUT2D eigenvalue weighted by Crippen LogP contribution is -2.60. The van der Waals surface area contributed by atoms with Crippen molar-refractivity contribution in [1.29, 1.82) is 0 Å². The number of hydrogen-bond acceptors (Lipinski definition) is 3. The van der Waals surface area contributed by atoms with Crippen LogP contribution in [0.2, 0.25) is 0 Å². The Morgan fingerprint density at radius 2 is 2.31 bits per heavy atom. The number of nitrogens with two attached hydrogens (primary N) is 1. The van der Waals surface area contributed by atoms with Crippen LogP contribution in [-0.4, -0.2) is 31.2 Å². The average Bonchev–Trinajstić information content (AvgIpc) is 2.58. The van der Waals surface area contributed by atoms with Crippen molar-refractivity contribution in [2.24, 2.45) is 11.7 Å². The Labute approximate surface area is 97.9 Å². The fourth-order valence-electron chi connectivity index (χ4n) is 2.83. The summed E-state index contributed by atoms with van der Waals surface area (Å²) in [6, 6.07) is 0.274. The number of carbonyl (C=O) groups excluding carboxylic acids is 1. The van der Waals surface area contributed by atoms with Crippen LogP contribution in [0.1, 0.15) is 39.5 Å². The van der Waals surface area contributed by atoms with Gasteiger partial charge in [-0.15, -0.1) is 0 Å². The first-order valence-electron chi connectivity index (χ1n) is 6.09. The summed E-state index contributed by atoms with van der Waals surface area (Å²) in [4.78, 5) is 11.8. The fraction of sp³-hybridized carbons (Fsp3) is 0.917. The van der Waals surface area contributed by atoms with Crippen LogP contribution in [0.4, 0.5) is 0 Å². The Balaban J connectivity index is 2.76. The number of amides is 1. The molecule has 16 heavy (non-hydrogen) atoms. The molecule has 0 aromatic rings. The summed E-state index contributed by atoms with van der Waals surface area (Å²) in [5.41, 5.74) is 5.09. The fourth-order valence-corrected chi connectivity index (χ4v) is 2.83. The van der Waals surface area contributed by atoms with Gasteiger partial charge in [0.15, 0.2) is 0 Å². The summed E-state index contributed by atoms with van der Waals surface area (Å²) < 4.78 is 5.10. The Kier molecular flexibility index (Phi) is 4.74. The van der Waals surface area contributed by atoms with Crippen LogP contribution in [0.15, 0.2) is 0 Å². The molecule has 0 radical (unpaired) electrons. The smallest absolute Gasteiger partial charge is 0.238 e. The summed E-state index contributed by atoms with van der Waals surface area (Å²) in [6.07, 6.45) is 3.89. The zero-order valence-electron chi connectivity index (χ0n) is 10.6. The minimum Gasteiger partial charge on any atom is -0.385 e. The van der Waals surface area contributed by atoms with Crippen LogP contribution >= 0.6 is 0 Å². The molecule has 0 spiro atoms. The molecule has 0 saturated heterocycles. The van der Waals surface area contributed by atoms with Gasteiger partial charge in [-0.3, -0.25) is 4.79 Å². The maximum atomic E-state index is 11.8. The van der Waals surface area contributed by atoms with E-state index >= 15 is 0 Å². The zero-order valence-corrected chi connectivity index (χ0v) is 10.6. The van der Waals surface area contributed by atoms with E-state index < -0.39 is 5.54 Å². The molecule has 94 valence electrons. The highest BCUT2D eigenvalue weighted by Crippen LogP contribution is 2.38. The van der Waals surface area contributed by atoms with Gasteiger partial charge in [-0.2, -0.15) is 0 Å². The van der Waals surface area contributed by atoms with Gasteiger partial charge in [-0.25, -0.2) is 0 Å². The zero-order chi connectivity index (χ0) is 12.2. The van der Waals surface area contributed by atoms with Gasteiger partial charge in [-0.1, -0.05) is 6.42 Å². The third kappa shape index (κ3) is 2.74. The monoisotopic (exact) mass is 228 g/mol. The first-order valence-corrected chi connectivity index (χ1v) is 6.09. The molecule has 1 saturated carbocycles. The summed E-state index contributed by atoms with van der Waals surface area (Å²) in [5, 5.41) is 3.38. The third-order valence-corrected chi connectivity index (χ3v) is 3.48. The van der Waals surface area contributed by atoms with Gasteiger partial charge < -0.3 is 15.8 Å². The summed E-state index contributed by atoms with van der Waals surface area (Å²) >= 11 is 0. The van der Waals surface area contributed by atoms with Crippen molar-refractivity contribution in [2.45, 2.75) is 51.1 Å². The molecule has 0 aromatic carbocycles. The van der Waals surface area contributed by atoms with Gasteiger partial charge in [0.05, 0.1) is 0 Å². The molecular formula is C12H24N2O2. The molecule has 0 bridgehead atoms. The van der Waals surface area contributed by atoms with E-state index in [0.717, 1.165) is 25.7 Å². The molecule has 2 unspecified atom stereocenters. The molecular weight excluding hydrogens is 204 g/mol. The Morgan fingerprint density at radius 3 is 2.81 bits per heavy atom. The van der Waals surface area contributed by atoms with E-state index in [-0.39, 0.29) is 11.9 Å². The van der Waals surface area contributed by atoms with Crippen molar-refractivity contribution >= 4 is 5.91 Å². The maximum absolute atomic E-state index is 11.8. The van der Waals surface area contributed by atoms with Crippen molar-refractivity contribution in [2.75, 3.05) is 13.7 Å². The largest absolute Gasteiger partial charge is 0.385 e. The van der Waals surface area contributed by atoms with Crippen molar-refractivity contribution < 1.29 is 9.53 Å². The number of rotatable bonds is 6. The van der Waals surface area contributed by atoms with E-state index in [4.69, 9.17) is 10.5 Å². The van der Waals surface area contributed by atoms with E-state index in [1.807, 2.05) is 0 Å². The average molecular weight is 228 g/mol. The van der Waals surface area contributed by atoms with Gasteiger partial charge in [0, 0.05) is 19.8 Å². The maximum Gasteiger partial charge on any atom is 0.238 e. The van der Waals surface area contributed by atoms with Gasteiger partial charge in [0.1, 0.15) is 5.54 Å². The van der Waals surface area contributed by atoms with Crippen molar-refractivity contribution in [3.8, 4) is 0 Å². The van der Waals surface area contributed by atoms with E-state index in [0.29, 0.717) is 12.5 Å². The molecule has 1 fully saturated rings. The molecule has 1 aliphatic carbocycles. The van der Waals surface area contributed by atoms with Gasteiger partial charge in [0.2, 0.25) is 5.91 Å². The summed E-state index contributed by atoms with van der Waals surface area (Å²) in [6.45, 7) is 4.80. The topological polar surface area (TPSA) is 64.3 Å². The molecule has 3 N–H and O–H groups in total. The number of methoxy groups -OCH3 is 1. The molecule has 1 amide bonds. The normalized spacial score (nSPS) is 29.9. The number of carbonyl (C=O) groups is 1. The van der Waals surface area contributed by atoms with Crippen LogP contribution in [-0.2, 0) is 9.53 Å². The first kappa shape index (κ1) is 13.5. The van der Waals surface area contributed by atoms with Crippen LogP contribution in [0, 0.1) is 5.92 Å². The lowest BCUT2D eigenvalue weighted by molar-refractivity contribution is -0.126. The number of ether oxygens (including phenoxy) is 1. The van der Waals surface area contributed by atoms with E-state index in [1.54, 1.807) is 7.11 Å². The van der Waals surface area contributed by atoms with E-state index in [9.17, 15) is 4.79 Å². The molecule has 4 nitrogen and oxygen atoms in total. The lowest BCUT2D eigenvalue weighted by Gasteiger charge is -2.35. The predicted molar refractivity (Wildman–Crippen MR) is 64.0 cm³/mol.